The second-order valence-corrected chi connectivity index (χ2v) is 6.43. The van der Waals surface area contributed by atoms with Crippen molar-refractivity contribution in [2.75, 3.05) is 25.5 Å². The molecule has 2 aromatic rings. The fraction of sp³-hybridized carbons (Fsp3) is 0.350. The highest BCUT2D eigenvalue weighted by atomic mass is 127. The molecule has 0 saturated heterocycles. The number of carbonyl (C=O) groups excluding carboxylic acids is 1. The lowest BCUT2D eigenvalue weighted by Gasteiger charge is -2.14. The Morgan fingerprint density at radius 3 is 2.75 bits per heavy atom. The minimum absolute atomic E-state index is 0. The van der Waals surface area contributed by atoms with Gasteiger partial charge in [-0.1, -0.05) is 18.2 Å². The molecule has 1 heterocycles. The van der Waals surface area contributed by atoms with Crippen LogP contribution in [0, 0.1) is 5.92 Å². The second-order valence-electron chi connectivity index (χ2n) is 6.43. The number of aromatic nitrogens is 1. The maximum atomic E-state index is 12.0. The van der Waals surface area contributed by atoms with E-state index >= 15 is 0 Å². The van der Waals surface area contributed by atoms with Gasteiger partial charge in [0.25, 0.3) is 0 Å². The molecule has 3 N–H and O–H groups in total. The quantitative estimate of drug-likeness (QED) is 0.298. The number of hydrogen-bond acceptors (Lipinski definition) is 4. The van der Waals surface area contributed by atoms with Gasteiger partial charge in [-0.2, -0.15) is 0 Å². The summed E-state index contributed by atoms with van der Waals surface area (Å²) in [5.41, 5.74) is 1.72. The van der Waals surface area contributed by atoms with E-state index in [0.29, 0.717) is 24.1 Å². The number of anilines is 1. The summed E-state index contributed by atoms with van der Waals surface area (Å²) in [4.78, 5) is 20.1. The van der Waals surface area contributed by atoms with Gasteiger partial charge in [-0.05, 0) is 37.0 Å². The van der Waals surface area contributed by atoms with Crippen LogP contribution in [-0.4, -0.2) is 37.1 Å². The zero-order valence-corrected chi connectivity index (χ0v) is 18.2. The second kappa shape index (κ2) is 11.5. The number of para-hydroxylation sites is 1. The van der Waals surface area contributed by atoms with Gasteiger partial charge < -0.3 is 20.7 Å². The minimum atomic E-state index is -0.167. The molecule has 1 aliphatic rings. The third kappa shape index (κ3) is 7.34. The molecule has 1 aromatic heterocycles. The highest BCUT2D eigenvalue weighted by Gasteiger charge is 2.22. The average molecular weight is 495 g/mol. The van der Waals surface area contributed by atoms with E-state index in [1.54, 1.807) is 31.6 Å². The van der Waals surface area contributed by atoms with Crippen molar-refractivity contribution in [3.63, 3.8) is 0 Å². The summed E-state index contributed by atoms with van der Waals surface area (Å²) in [5.74, 6) is 1.98. The molecule has 0 atom stereocenters. The van der Waals surface area contributed by atoms with E-state index in [2.05, 4.69) is 25.9 Å². The van der Waals surface area contributed by atoms with Crippen LogP contribution in [0.4, 0.5) is 5.69 Å². The molecule has 0 radical (unpaired) electrons. The van der Waals surface area contributed by atoms with Crippen LogP contribution in [0.25, 0.3) is 0 Å². The Kier molecular flexibility index (Phi) is 8.99. The third-order valence-corrected chi connectivity index (χ3v) is 4.18. The Labute approximate surface area is 182 Å². The van der Waals surface area contributed by atoms with Crippen LogP contribution in [0.5, 0.6) is 5.75 Å². The van der Waals surface area contributed by atoms with Crippen LogP contribution in [-0.2, 0) is 11.3 Å². The maximum Gasteiger partial charge on any atom is 0.243 e. The lowest BCUT2D eigenvalue weighted by atomic mass is 10.2. The number of amides is 1. The van der Waals surface area contributed by atoms with Crippen molar-refractivity contribution in [2.45, 2.75) is 19.4 Å². The summed E-state index contributed by atoms with van der Waals surface area (Å²) >= 11 is 0. The number of pyridine rings is 1. The molecule has 7 nitrogen and oxygen atoms in total. The fourth-order valence-electron chi connectivity index (χ4n) is 2.49. The van der Waals surface area contributed by atoms with Gasteiger partial charge in [0, 0.05) is 25.4 Å². The van der Waals surface area contributed by atoms with Gasteiger partial charge in [-0.15, -0.1) is 24.0 Å². The van der Waals surface area contributed by atoms with Crippen LogP contribution in [0.1, 0.15) is 18.4 Å². The fourth-order valence-corrected chi connectivity index (χ4v) is 2.49. The van der Waals surface area contributed by atoms with Crippen LogP contribution in [0.15, 0.2) is 53.8 Å². The molecule has 1 fully saturated rings. The molecule has 0 spiro atoms. The van der Waals surface area contributed by atoms with Gasteiger partial charge in [-0.25, -0.2) is 0 Å². The maximum absolute atomic E-state index is 12.0. The molecule has 8 heteroatoms. The van der Waals surface area contributed by atoms with Crippen molar-refractivity contribution in [1.82, 2.24) is 15.6 Å². The van der Waals surface area contributed by atoms with Crippen molar-refractivity contribution in [1.29, 1.82) is 0 Å². The van der Waals surface area contributed by atoms with E-state index < -0.39 is 0 Å². The number of hydrogen-bond donors (Lipinski definition) is 3. The van der Waals surface area contributed by atoms with Crippen LogP contribution in [0.2, 0.25) is 0 Å². The lowest BCUT2D eigenvalue weighted by molar-refractivity contribution is -0.115. The summed E-state index contributed by atoms with van der Waals surface area (Å²) in [6, 6.07) is 11.5. The number of rotatable bonds is 8. The molecule has 0 aliphatic heterocycles. The predicted octanol–water partition coefficient (Wildman–Crippen LogP) is 2.79. The van der Waals surface area contributed by atoms with Crippen LogP contribution < -0.4 is 20.7 Å². The first-order chi connectivity index (χ1) is 13.2. The number of nitrogens with one attached hydrogen (secondary N) is 3. The molecule has 1 amide bonds. The van der Waals surface area contributed by atoms with Gasteiger partial charge in [-0.3, -0.25) is 14.8 Å². The monoisotopic (exact) mass is 495 g/mol. The van der Waals surface area contributed by atoms with Crippen molar-refractivity contribution in [3.8, 4) is 5.75 Å². The van der Waals surface area contributed by atoms with Crippen molar-refractivity contribution in [2.24, 2.45) is 10.9 Å². The largest absolute Gasteiger partial charge is 0.493 e. The molecule has 0 unspecified atom stereocenters. The summed E-state index contributed by atoms with van der Waals surface area (Å²) < 4.78 is 5.92. The number of nitrogens with zero attached hydrogens (tertiary/aromatic N) is 2. The Morgan fingerprint density at radius 2 is 2.04 bits per heavy atom. The summed E-state index contributed by atoms with van der Waals surface area (Å²) in [5, 5.41) is 8.99. The molecule has 0 bridgehead atoms. The minimum Gasteiger partial charge on any atom is -0.493 e. The Bertz CT molecular complexity index is 781. The van der Waals surface area contributed by atoms with Crippen LogP contribution >= 0.6 is 24.0 Å². The van der Waals surface area contributed by atoms with Crippen molar-refractivity contribution in [3.05, 3.63) is 54.4 Å². The Hall–Kier alpha value is -2.36. The lowest BCUT2D eigenvalue weighted by Crippen LogP contribution is -2.41. The molecule has 150 valence electrons. The molecule has 1 aromatic carbocycles. The first-order valence-corrected chi connectivity index (χ1v) is 9.09. The van der Waals surface area contributed by atoms with E-state index in [-0.39, 0.29) is 36.4 Å². The van der Waals surface area contributed by atoms with E-state index in [0.717, 1.165) is 17.9 Å². The Morgan fingerprint density at radius 1 is 1.21 bits per heavy atom. The molecule has 3 rings (SSSR count). The van der Waals surface area contributed by atoms with Crippen molar-refractivity contribution < 1.29 is 9.53 Å². The first-order valence-electron chi connectivity index (χ1n) is 9.09. The molecule has 28 heavy (non-hydrogen) atoms. The number of aliphatic imine (C=N–C) groups is 1. The van der Waals surface area contributed by atoms with Crippen molar-refractivity contribution >= 4 is 41.5 Å². The van der Waals surface area contributed by atoms with E-state index in [1.807, 2.05) is 24.3 Å². The number of carbonyl (C=O) groups is 1. The highest BCUT2D eigenvalue weighted by molar-refractivity contribution is 14.0. The number of guanidine groups is 1. The predicted molar refractivity (Wildman–Crippen MR) is 121 cm³/mol. The van der Waals surface area contributed by atoms with Gasteiger partial charge >= 0.3 is 0 Å². The average Bonchev–Trinajstić information content (AvgIpc) is 3.52. The van der Waals surface area contributed by atoms with Gasteiger partial charge in [0.2, 0.25) is 5.91 Å². The topological polar surface area (TPSA) is 87.6 Å². The smallest absolute Gasteiger partial charge is 0.243 e. The number of halogens is 1. The number of benzene rings is 1. The summed E-state index contributed by atoms with van der Waals surface area (Å²) in [7, 11) is 1.67. The summed E-state index contributed by atoms with van der Waals surface area (Å²) in [6.45, 7) is 1.44. The normalized spacial score (nSPS) is 13.2. The van der Waals surface area contributed by atoms with E-state index in [4.69, 9.17) is 4.74 Å². The van der Waals surface area contributed by atoms with Gasteiger partial charge in [0.1, 0.15) is 5.75 Å². The summed E-state index contributed by atoms with van der Waals surface area (Å²) in [6.07, 6.45) is 5.78. The SMILES string of the molecule is CN=C(NCC(=O)Nc1cccnc1)NCc1ccccc1OCC1CC1.I. The van der Waals surface area contributed by atoms with Crippen LogP contribution in [0.3, 0.4) is 0 Å². The van der Waals surface area contributed by atoms with Gasteiger partial charge in [0.15, 0.2) is 5.96 Å². The molecular formula is C20H26IN5O2. The molecule has 1 saturated carbocycles. The standard InChI is InChI=1S/C20H25N5O2.HI/c1-21-20(24-13-19(26)25-17-6-4-10-22-12-17)23-11-16-5-2-3-7-18(16)27-14-15-8-9-15;/h2-7,10,12,15H,8-9,11,13-14H2,1H3,(H,25,26)(H2,21,23,24);1H. The molecule has 1 aliphatic carbocycles. The van der Waals surface area contributed by atoms with E-state index in [1.165, 1.54) is 12.8 Å². The zero-order valence-electron chi connectivity index (χ0n) is 15.9. The van der Waals surface area contributed by atoms with E-state index in [9.17, 15) is 4.79 Å². The number of ether oxygens (including phenoxy) is 1. The third-order valence-electron chi connectivity index (χ3n) is 4.18. The van der Waals surface area contributed by atoms with Gasteiger partial charge in [0.05, 0.1) is 25.0 Å². The first kappa shape index (κ1) is 21.9. The molecular weight excluding hydrogens is 469 g/mol. The Balaban J connectivity index is 0.00000280. The highest BCUT2D eigenvalue weighted by Crippen LogP contribution is 2.30. The zero-order chi connectivity index (χ0) is 18.9.